The van der Waals surface area contributed by atoms with Crippen molar-refractivity contribution in [3.63, 3.8) is 0 Å². The second-order valence-electron chi connectivity index (χ2n) is 6.06. The van der Waals surface area contributed by atoms with E-state index < -0.39 is 29.0 Å². The van der Waals surface area contributed by atoms with Crippen LogP contribution in [-0.2, 0) is 0 Å². The molecule has 1 aromatic heterocycles. The van der Waals surface area contributed by atoms with E-state index in [-0.39, 0.29) is 28.1 Å². The lowest BCUT2D eigenvalue weighted by Crippen LogP contribution is -2.29. The van der Waals surface area contributed by atoms with Gasteiger partial charge >= 0.3 is 0 Å². The van der Waals surface area contributed by atoms with Crippen molar-refractivity contribution in [1.82, 2.24) is 9.78 Å². The van der Waals surface area contributed by atoms with Gasteiger partial charge in [-0.1, -0.05) is 31.2 Å². The normalized spacial score (nSPS) is 11.6. The van der Waals surface area contributed by atoms with Gasteiger partial charge in [0.2, 0.25) is 0 Å². The highest BCUT2D eigenvalue weighted by Gasteiger charge is 2.24. The fraction of sp³-hybridized carbons (Fsp3) is 0.100. The smallest absolute Gasteiger partial charge is 0.271 e. The second kappa shape index (κ2) is 7.40. The van der Waals surface area contributed by atoms with Gasteiger partial charge in [0.25, 0.3) is 11.5 Å². The van der Waals surface area contributed by atoms with Crippen LogP contribution in [0.3, 0.4) is 0 Å². The SMILES string of the molecule is CC(c1cc(=O)n(-c2ccccc2F)nc1C(N)=O)c1cccc(C#N)c1F. The number of carbonyl (C=O) groups is 1. The third kappa shape index (κ3) is 3.25. The first-order valence-electron chi connectivity index (χ1n) is 8.22. The summed E-state index contributed by atoms with van der Waals surface area (Å²) >= 11 is 0. The summed E-state index contributed by atoms with van der Waals surface area (Å²) in [4.78, 5) is 24.5. The van der Waals surface area contributed by atoms with Crippen molar-refractivity contribution < 1.29 is 13.6 Å². The van der Waals surface area contributed by atoms with Crippen molar-refractivity contribution in [3.8, 4) is 11.8 Å². The first-order chi connectivity index (χ1) is 13.3. The minimum Gasteiger partial charge on any atom is -0.364 e. The molecule has 0 aliphatic rings. The molecular weight excluding hydrogens is 366 g/mol. The zero-order valence-electron chi connectivity index (χ0n) is 14.7. The molecule has 1 heterocycles. The number of carbonyl (C=O) groups excluding carboxylic acids is 1. The van der Waals surface area contributed by atoms with Crippen molar-refractivity contribution in [2.24, 2.45) is 5.73 Å². The number of hydrogen-bond acceptors (Lipinski definition) is 4. The van der Waals surface area contributed by atoms with E-state index in [1.165, 1.54) is 36.4 Å². The molecule has 140 valence electrons. The first kappa shape index (κ1) is 18.9. The molecule has 0 aliphatic heterocycles. The van der Waals surface area contributed by atoms with Crippen LogP contribution in [0, 0.1) is 23.0 Å². The number of aromatic nitrogens is 2. The number of nitrogens with two attached hydrogens (primary N) is 1. The van der Waals surface area contributed by atoms with Crippen LogP contribution in [0.4, 0.5) is 8.78 Å². The molecule has 2 aromatic carbocycles. The van der Waals surface area contributed by atoms with E-state index >= 15 is 0 Å². The quantitative estimate of drug-likeness (QED) is 0.752. The molecule has 6 nitrogen and oxygen atoms in total. The monoisotopic (exact) mass is 380 g/mol. The molecule has 0 spiro atoms. The molecule has 0 radical (unpaired) electrons. The van der Waals surface area contributed by atoms with Gasteiger partial charge in [0, 0.05) is 12.0 Å². The summed E-state index contributed by atoms with van der Waals surface area (Å²) in [5.41, 5.74) is 4.26. The zero-order valence-corrected chi connectivity index (χ0v) is 14.7. The van der Waals surface area contributed by atoms with Crippen LogP contribution >= 0.6 is 0 Å². The van der Waals surface area contributed by atoms with Gasteiger partial charge in [-0.15, -0.1) is 0 Å². The Morgan fingerprint density at radius 3 is 2.54 bits per heavy atom. The van der Waals surface area contributed by atoms with Crippen LogP contribution in [0.1, 0.15) is 40.0 Å². The van der Waals surface area contributed by atoms with E-state index in [4.69, 9.17) is 11.0 Å². The lowest BCUT2D eigenvalue weighted by Gasteiger charge is -2.17. The average Bonchev–Trinajstić information content (AvgIpc) is 2.68. The maximum atomic E-state index is 14.5. The number of nitriles is 1. The zero-order chi connectivity index (χ0) is 20.4. The van der Waals surface area contributed by atoms with Crippen LogP contribution in [0.5, 0.6) is 0 Å². The largest absolute Gasteiger partial charge is 0.364 e. The Morgan fingerprint density at radius 2 is 1.89 bits per heavy atom. The molecule has 1 amide bonds. The molecular formula is C20H14F2N4O2. The predicted molar refractivity (Wildman–Crippen MR) is 96.9 cm³/mol. The highest BCUT2D eigenvalue weighted by atomic mass is 19.1. The second-order valence-corrected chi connectivity index (χ2v) is 6.06. The highest BCUT2D eigenvalue weighted by Crippen LogP contribution is 2.28. The van der Waals surface area contributed by atoms with Crippen molar-refractivity contribution >= 4 is 5.91 Å². The molecule has 1 unspecified atom stereocenters. The predicted octanol–water partition coefficient (Wildman–Crippen LogP) is 2.63. The van der Waals surface area contributed by atoms with E-state index in [2.05, 4.69) is 5.10 Å². The lowest BCUT2D eigenvalue weighted by atomic mass is 9.90. The number of benzene rings is 2. The molecule has 3 aromatic rings. The molecule has 8 heteroatoms. The number of para-hydroxylation sites is 1. The summed E-state index contributed by atoms with van der Waals surface area (Å²) in [5, 5.41) is 12.9. The fourth-order valence-corrected chi connectivity index (χ4v) is 2.93. The summed E-state index contributed by atoms with van der Waals surface area (Å²) in [6, 6.07) is 12.5. The van der Waals surface area contributed by atoms with Gasteiger partial charge in [-0.3, -0.25) is 9.59 Å². The maximum Gasteiger partial charge on any atom is 0.271 e. The van der Waals surface area contributed by atoms with Gasteiger partial charge in [0.15, 0.2) is 5.69 Å². The minimum atomic E-state index is -0.955. The summed E-state index contributed by atoms with van der Waals surface area (Å²) in [6.45, 7) is 1.55. The van der Waals surface area contributed by atoms with Gasteiger partial charge in [0.1, 0.15) is 23.4 Å². The molecule has 0 bridgehead atoms. The molecule has 0 saturated heterocycles. The molecule has 0 fully saturated rings. The van der Waals surface area contributed by atoms with E-state index in [1.54, 1.807) is 13.0 Å². The third-order valence-electron chi connectivity index (χ3n) is 4.36. The number of amides is 1. The number of primary amides is 1. The number of halogens is 2. The van der Waals surface area contributed by atoms with Gasteiger partial charge < -0.3 is 5.73 Å². The van der Waals surface area contributed by atoms with Gasteiger partial charge in [0.05, 0.1) is 5.56 Å². The molecule has 0 saturated carbocycles. The lowest BCUT2D eigenvalue weighted by molar-refractivity contribution is 0.0992. The molecule has 28 heavy (non-hydrogen) atoms. The molecule has 1 atom stereocenters. The fourth-order valence-electron chi connectivity index (χ4n) is 2.93. The van der Waals surface area contributed by atoms with Crippen molar-refractivity contribution in [3.05, 3.63) is 92.9 Å². The van der Waals surface area contributed by atoms with E-state index in [0.717, 1.165) is 16.8 Å². The Bertz CT molecular complexity index is 1180. The molecule has 0 aliphatic carbocycles. The van der Waals surface area contributed by atoms with Crippen molar-refractivity contribution in [1.29, 1.82) is 5.26 Å². The summed E-state index contributed by atoms with van der Waals surface area (Å²) in [7, 11) is 0. The van der Waals surface area contributed by atoms with Gasteiger partial charge in [-0.2, -0.15) is 15.0 Å². The Morgan fingerprint density at radius 1 is 1.18 bits per heavy atom. The standard InChI is InChI=1S/C20H14F2N4O2/c1-11(13-6-4-5-12(10-23)18(13)22)14-9-17(27)26(25-19(14)20(24)28)16-8-3-2-7-15(16)21/h2-9,11H,1H3,(H2,24,28). The average molecular weight is 380 g/mol. The van der Waals surface area contributed by atoms with E-state index in [1.807, 2.05) is 0 Å². The van der Waals surface area contributed by atoms with Gasteiger partial charge in [-0.05, 0) is 29.3 Å². The van der Waals surface area contributed by atoms with Crippen LogP contribution in [0.2, 0.25) is 0 Å². The van der Waals surface area contributed by atoms with Crippen LogP contribution in [0.15, 0.2) is 53.3 Å². The Hall–Kier alpha value is -3.86. The number of rotatable bonds is 4. The topological polar surface area (TPSA) is 102 Å². The summed E-state index contributed by atoms with van der Waals surface area (Å²) in [6.07, 6.45) is 0. The Labute approximate surface area is 158 Å². The van der Waals surface area contributed by atoms with E-state index in [0.29, 0.717) is 0 Å². The van der Waals surface area contributed by atoms with Gasteiger partial charge in [-0.25, -0.2) is 8.78 Å². The van der Waals surface area contributed by atoms with Crippen LogP contribution < -0.4 is 11.3 Å². The number of nitrogens with zero attached hydrogens (tertiary/aromatic N) is 3. The Kier molecular flexibility index (Phi) is 5.00. The first-order valence-corrected chi connectivity index (χ1v) is 8.22. The van der Waals surface area contributed by atoms with Crippen molar-refractivity contribution in [2.45, 2.75) is 12.8 Å². The van der Waals surface area contributed by atoms with Crippen molar-refractivity contribution in [2.75, 3.05) is 0 Å². The maximum absolute atomic E-state index is 14.5. The molecule has 3 rings (SSSR count). The Balaban J connectivity index is 2.22. The van der Waals surface area contributed by atoms with Crippen LogP contribution in [-0.4, -0.2) is 15.7 Å². The number of hydrogen-bond donors (Lipinski definition) is 1. The molecule has 2 N–H and O–H groups in total. The summed E-state index contributed by atoms with van der Waals surface area (Å²) < 4.78 is 29.3. The minimum absolute atomic E-state index is 0.0825. The van der Waals surface area contributed by atoms with Crippen LogP contribution in [0.25, 0.3) is 5.69 Å². The highest BCUT2D eigenvalue weighted by molar-refractivity contribution is 5.92. The van der Waals surface area contributed by atoms with E-state index in [9.17, 15) is 18.4 Å². The summed E-state index contributed by atoms with van der Waals surface area (Å²) in [5.74, 6) is -3.22. The third-order valence-corrected chi connectivity index (χ3v) is 4.36.